The summed E-state index contributed by atoms with van der Waals surface area (Å²) in [4.78, 5) is 12.6. The Bertz CT molecular complexity index is 294. The van der Waals surface area contributed by atoms with Crippen molar-refractivity contribution in [1.82, 2.24) is 5.32 Å². The number of rotatable bonds is 2. The molecule has 2 nitrogen and oxygen atoms in total. The molecule has 2 unspecified atom stereocenters. The first-order valence-corrected chi connectivity index (χ1v) is 5.46. The van der Waals surface area contributed by atoms with Crippen molar-refractivity contribution in [2.75, 3.05) is 0 Å². The van der Waals surface area contributed by atoms with Gasteiger partial charge in [0.1, 0.15) is 0 Å². The molecule has 13 heavy (non-hydrogen) atoms. The fraction of sp³-hybridized carbons (Fsp3) is 0.500. The molecule has 1 amide bonds. The summed E-state index contributed by atoms with van der Waals surface area (Å²) in [7, 11) is 0. The first-order chi connectivity index (χ1) is 6.25. The number of hydrogen-bond donors (Lipinski definition) is 1. The SMILES string of the molecule is CC1CC(Cc2cccs2)NC1=O. The maximum absolute atomic E-state index is 11.2. The standard InChI is InChI=1S/C10H13NOS/c1-7-5-8(11-10(7)12)6-9-3-2-4-13-9/h2-4,7-8H,5-6H2,1H3,(H,11,12). The number of hydrogen-bond acceptors (Lipinski definition) is 2. The van der Waals surface area contributed by atoms with Gasteiger partial charge in [0.2, 0.25) is 5.91 Å². The molecule has 1 fully saturated rings. The summed E-state index contributed by atoms with van der Waals surface area (Å²) in [5, 5.41) is 5.09. The molecule has 0 bridgehead atoms. The largest absolute Gasteiger partial charge is 0.353 e. The van der Waals surface area contributed by atoms with E-state index in [0.29, 0.717) is 6.04 Å². The van der Waals surface area contributed by atoms with E-state index in [4.69, 9.17) is 0 Å². The van der Waals surface area contributed by atoms with Gasteiger partial charge in [-0.25, -0.2) is 0 Å². The molecule has 1 aliphatic heterocycles. The van der Waals surface area contributed by atoms with Crippen molar-refractivity contribution in [1.29, 1.82) is 0 Å². The van der Waals surface area contributed by atoms with Crippen LogP contribution in [0.3, 0.4) is 0 Å². The molecular formula is C10H13NOS. The van der Waals surface area contributed by atoms with Crippen molar-refractivity contribution in [3.05, 3.63) is 22.4 Å². The Morgan fingerprint density at radius 1 is 1.69 bits per heavy atom. The van der Waals surface area contributed by atoms with Crippen molar-refractivity contribution in [2.24, 2.45) is 5.92 Å². The summed E-state index contributed by atoms with van der Waals surface area (Å²) in [5.41, 5.74) is 0. The maximum Gasteiger partial charge on any atom is 0.223 e. The highest BCUT2D eigenvalue weighted by Gasteiger charge is 2.28. The Balaban J connectivity index is 1.94. The van der Waals surface area contributed by atoms with Gasteiger partial charge in [-0.1, -0.05) is 13.0 Å². The second kappa shape index (κ2) is 3.50. The molecule has 70 valence electrons. The summed E-state index contributed by atoms with van der Waals surface area (Å²) in [6, 6.07) is 4.54. The van der Waals surface area contributed by atoms with E-state index in [2.05, 4.69) is 22.8 Å². The lowest BCUT2D eigenvalue weighted by Gasteiger charge is -2.06. The van der Waals surface area contributed by atoms with Crippen LogP contribution < -0.4 is 5.32 Å². The Hall–Kier alpha value is -0.830. The minimum Gasteiger partial charge on any atom is -0.353 e. The molecular weight excluding hydrogens is 182 g/mol. The molecule has 0 radical (unpaired) electrons. The minimum absolute atomic E-state index is 0.199. The molecule has 2 rings (SSSR count). The molecule has 1 aromatic heterocycles. The lowest BCUT2D eigenvalue weighted by Crippen LogP contribution is -2.27. The highest BCUT2D eigenvalue weighted by atomic mass is 32.1. The van der Waals surface area contributed by atoms with Crippen molar-refractivity contribution in [2.45, 2.75) is 25.8 Å². The van der Waals surface area contributed by atoms with Crippen molar-refractivity contribution in [3.8, 4) is 0 Å². The topological polar surface area (TPSA) is 29.1 Å². The summed E-state index contributed by atoms with van der Waals surface area (Å²) in [6.07, 6.45) is 1.98. The van der Waals surface area contributed by atoms with E-state index in [-0.39, 0.29) is 11.8 Å². The maximum atomic E-state index is 11.2. The normalized spacial score (nSPS) is 27.6. The van der Waals surface area contributed by atoms with E-state index in [0.717, 1.165) is 12.8 Å². The smallest absolute Gasteiger partial charge is 0.223 e. The molecule has 1 aromatic rings. The van der Waals surface area contributed by atoms with Crippen LogP contribution in [0.5, 0.6) is 0 Å². The quantitative estimate of drug-likeness (QED) is 0.766. The second-order valence-electron chi connectivity index (χ2n) is 3.63. The Kier molecular flexibility index (Phi) is 2.36. The molecule has 2 heterocycles. The van der Waals surface area contributed by atoms with E-state index in [9.17, 15) is 4.79 Å². The van der Waals surface area contributed by atoms with E-state index in [1.807, 2.05) is 6.92 Å². The molecule has 3 heteroatoms. The van der Waals surface area contributed by atoms with Gasteiger partial charge in [0.05, 0.1) is 0 Å². The van der Waals surface area contributed by atoms with Crippen LogP contribution in [0.4, 0.5) is 0 Å². The number of amides is 1. The summed E-state index contributed by atoms with van der Waals surface area (Å²) in [5.74, 6) is 0.409. The van der Waals surface area contributed by atoms with E-state index in [1.54, 1.807) is 11.3 Å². The van der Waals surface area contributed by atoms with E-state index >= 15 is 0 Å². The zero-order chi connectivity index (χ0) is 9.26. The van der Waals surface area contributed by atoms with Gasteiger partial charge >= 0.3 is 0 Å². The first-order valence-electron chi connectivity index (χ1n) is 4.58. The molecule has 0 aromatic carbocycles. The van der Waals surface area contributed by atoms with Gasteiger partial charge in [-0.15, -0.1) is 11.3 Å². The molecule has 0 saturated carbocycles. The lowest BCUT2D eigenvalue weighted by atomic mass is 10.1. The van der Waals surface area contributed by atoms with Gasteiger partial charge < -0.3 is 5.32 Å². The van der Waals surface area contributed by atoms with Gasteiger partial charge in [-0.2, -0.15) is 0 Å². The van der Waals surface area contributed by atoms with Crippen LogP contribution in [0.25, 0.3) is 0 Å². The van der Waals surface area contributed by atoms with Crippen LogP contribution >= 0.6 is 11.3 Å². The van der Waals surface area contributed by atoms with Crippen LogP contribution in [-0.4, -0.2) is 11.9 Å². The lowest BCUT2D eigenvalue weighted by molar-refractivity contribution is -0.122. The van der Waals surface area contributed by atoms with Gasteiger partial charge in [-0.3, -0.25) is 4.79 Å². The Morgan fingerprint density at radius 2 is 2.54 bits per heavy atom. The molecule has 2 atom stereocenters. The molecule has 0 aliphatic carbocycles. The van der Waals surface area contributed by atoms with Crippen molar-refractivity contribution < 1.29 is 4.79 Å². The predicted octanol–water partition coefficient (Wildman–Crippen LogP) is 1.82. The molecule has 1 N–H and O–H groups in total. The Morgan fingerprint density at radius 3 is 3.08 bits per heavy atom. The van der Waals surface area contributed by atoms with Crippen LogP contribution in [0.15, 0.2) is 17.5 Å². The fourth-order valence-corrected chi connectivity index (χ4v) is 2.53. The van der Waals surface area contributed by atoms with Crippen LogP contribution in [-0.2, 0) is 11.2 Å². The zero-order valence-electron chi connectivity index (χ0n) is 7.62. The number of carbonyl (C=O) groups excluding carboxylic acids is 1. The molecule has 0 spiro atoms. The zero-order valence-corrected chi connectivity index (χ0v) is 8.43. The summed E-state index contributed by atoms with van der Waals surface area (Å²) >= 11 is 1.76. The highest BCUT2D eigenvalue weighted by molar-refractivity contribution is 7.09. The minimum atomic E-state index is 0.199. The second-order valence-corrected chi connectivity index (χ2v) is 4.66. The fourth-order valence-electron chi connectivity index (χ4n) is 1.74. The van der Waals surface area contributed by atoms with E-state index in [1.165, 1.54) is 4.88 Å². The highest BCUT2D eigenvalue weighted by Crippen LogP contribution is 2.20. The predicted molar refractivity (Wildman–Crippen MR) is 53.7 cm³/mol. The third-order valence-corrected chi connectivity index (χ3v) is 3.36. The number of thiophene rings is 1. The third kappa shape index (κ3) is 1.91. The number of nitrogens with one attached hydrogen (secondary N) is 1. The van der Waals surface area contributed by atoms with Crippen LogP contribution in [0, 0.1) is 5.92 Å². The van der Waals surface area contributed by atoms with Gasteiger partial charge in [-0.05, 0) is 17.9 Å². The monoisotopic (exact) mass is 195 g/mol. The van der Waals surface area contributed by atoms with Crippen LogP contribution in [0.2, 0.25) is 0 Å². The average molecular weight is 195 g/mol. The summed E-state index contributed by atoms with van der Waals surface area (Å²) in [6.45, 7) is 1.99. The Labute approximate surface area is 82.0 Å². The molecule has 1 aliphatic rings. The van der Waals surface area contributed by atoms with Crippen molar-refractivity contribution in [3.63, 3.8) is 0 Å². The van der Waals surface area contributed by atoms with Gasteiger partial charge in [0.15, 0.2) is 0 Å². The van der Waals surface area contributed by atoms with Crippen molar-refractivity contribution >= 4 is 17.2 Å². The van der Waals surface area contributed by atoms with Gasteiger partial charge in [0, 0.05) is 23.3 Å². The summed E-state index contributed by atoms with van der Waals surface area (Å²) < 4.78 is 0. The number of carbonyl (C=O) groups is 1. The van der Waals surface area contributed by atoms with E-state index < -0.39 is 0 Å². The molecule has 1 saturated heterocycles. The third-order valence-electron chi connectivity index (χ3n) is 2.46. The first kappa shape index (κ1) is 8.75. The van der Waals surface area contributed by atoms with Crippen LogP contribution in [0.1, 0.15) is 18.2 Å². The van der Waals surface area contributed by atoms with Gasteiger partial charge in [0.25, 0.3) is 0 Å². The average Bonchev–Trinajstić information content (AvgIpc) is 2.64.